The molecule has 0 aliphatic carbocycles. The van der Waals surface area contributed by atoms with Gasteiger partial charge in [0.15, 0.2) is 0 Å². The van der Waals surface area contributed by atoms with Crippen LogP contribution in [0.4, 0.5) is 20.2 Å². The van der Waals surface area contributed by atoms with Crippen LogP contribution in [0.5, 0.6) is 0 Å². The van der Waals surface area contributed by atoms with Crippen molar-refractivity contribution in [1.82, 2.24) is 5.32 Å². The van der Waals surface area contributed by atoms with Crippen molar-refractivity contribution in [2.75, 3.05) is 18.4 Å². The van der Waals surface area contributed by atoms with Gasteiger partial charge in [-0.05, 0) is 32.0 Å². The van der Waals surface area contributed by atoms with Gasteiger partial charge in [0, 0.05) is 29.4 Å². The first kappa shape index (κ1) is 13.7. The molecular formula is C12H15F2N3O2. The lowest BCUT2D eigenvalue weighted by Crippen LogP contribution is -2.35. The Morgan fingerprint density at radius 1 is 1.37 bits per heavy atom. The molecule has 2 N–H and O–H groups in total. The molecular weight excluding hydrogens is 256 g/mol. The van der Waals surface area contributed by atoms with E-state index in [2.05, 4.69) is 10.6 Å². The van der Waals surface area contributed by atoms with Crippen LogP contribution in [0.3, 0.4) is 0 Å². The Morgan fingerprint density at radius 3 is 2.63 bits per heavy atom. The molecule has 1 aromatic rings. The third-order valence-corrected chi connectivity index (χ3v) is 3.18. The zero-order chi connectivity index (χ0) is 13.8. The lowest BCUT2D eigenvalue weighted by molar-refractivity contribution is -0.385. The van der Waals surface area contributed by atoms with Gasteiger partial charge in [0.2, 0.25) is 0 Å². The minimum absolute atomic E-state index is 0.125. The predicted octanol–water partition coefficient (Wildman–Crippen LogP) is 2.70. The molecule has 0 radical (unpaired) electrons. The van der Waals surface area contributed by atoms with Crippen LogP contribution in [-0.2, 0) is 0 Å². The van der Waals surface area contributed by atoms with E-state index in [9.17, 15) is 18.9 Å². The van der Waals surface area contributed by atoms with Crippen LogP contribution in [0, 0.1) is 10.1 Å². The van der Waals surface area contributed by atoms with Crippen LogP contribution in [0.25, 0.3) is 0 Å². The zero-order valence-corrected chi connectivity index (χ0v) is 10.2. The van der Waals surface area contributed by atoms with Gasteiger partial charge in [-0.25, -0.2) is 8.78 Å². The average molecular weight is 271 g/mol. The first-order valence-corrected chi connectivity index (χ1v) is 6.11. The van der Waals surface area contributed by atoms with Crippen molar-refractivity contribution in [3.8, 4) is 0 Å². The first-order chi connectivity index (χ1) is 9.08. The van der Waals surface area contributed by atoms with Crippen LogP contribution >= 0.6 is 0 Å². The Morgan fingerprint density at radius 2 is 2.05 bits per heavy atom. The standard InChI is InChI=1S/C12H15F2N3O2/c13-12(14)10-7-9(17(18)19)1-2-11(10)16-8-3-5-15-6-4-8/h1-2,7-8,12,15-16H,3-6H2. The molecule has 0 spiro atoms. The molecule has 19 heavy (non-hydrogen) atoms. The van der Waals surface area contributed by atoms with Gasteiger partial charge in [0.1, 0.15) is 0 Å². The van der Waals surface area contributed by atoms with E-state index in [4.69, 9.17) is 0 Å². The highest BCUT2D eigenvalue weighted by atomic mass is 19.3. The number of hydrogen-bond acceptors (Lipinski definition) is 4. The number of anilines is 1. The van der Waals surface area contributed by atoms with Crippen LogP contribution in [0.2, 0.25) is 0 Å². The highest BCUT2D eigenvalue weighted by Crippen LogP contribution is 2.31. The molecule has 104 valence electrons. The molecule has 1 fully saturated rings. The maximum absolute atomic E-state index is 13.0. The third-order valence-electron chi connectivity index (χ3n) is 3.18. The normalized spacial score (nSPS) is 16.6. The van der Waals surface area contributed by atoms with Crippen LogP contribution in [0.1, 0.15) is 24.8 Å². The number of rotatable bonds is 4. The molecule has 5 nitrogen and oxygen atoms in total. The summed E-state index contributed by atoms with van der Waals surface area (Å²) in [4.78, 5) is 9.94. The largest absolute Gasteiger partial charge is 0.382 e. The molecule has 1 heterocycles. The minimum atomic E-state index is -2.73. The quantitative estimate of drug-likeness (QED) is 0.652. The summed E-state index contributed by atoms with van der Waals surface area (Å²) in [5, 5.41) is 16.8. The molecule has 0 unspecified atom stereocenters. The lowest BCUT2D eigenvalue weighted by Gasteiger charge is -2.25. The second kappa shape index (κ2) is 5.92. The summed E-state index contributed by atoms with van der Waals surface area (Å²) in [6.45, 7) is 1.68. The third kappa shape index (κ3) is 3.37. The summed E-state index contributed by atoms with van der Waals surface area (Å²) in [5.41, 5.74) is -0.341. The Kier molecular flexibility index (Phi) is 4.26. The fourth-order valence-corrected chi connectivity index (χ4v) is 2.16. The maximum atomic E-state index is 13.0. The van der Waals surface area contributed by atoms with E-state index >= 15 is 0 Å². The Balaban J connectivity index is 2.20. The van der Waals surface area contributed by atoms with Gasteiger partial charge in [0.25, 0.3) is 12.1 Å². The van der Waals surface area contributed by atoms with E-state index < -0.39 is 11.3 Å². The second-order valence-corrected chi connectivity index (χ2v) is 4.50. The maximum Gasteiger partial charge on any atom is 0.270 e. The highest BCUT2D eigenvalue weighted by molar-refractivity contribution is 5.57. The topological polar surface area (TPSA) is 67.2 Å². The number of nitrogens with zero attached hydrogens (tertiary/aromatic N) is 1. The molecule has 0 aromatic heterocycles. The lowest BCUT2D eigenvalue weighted by atomic mass is 10.0. The molecule has 0 saturated carbocycles. The number of piperidine rings is 1. The number of hydrogen-bond donors (Lipinski definition) is 2. The molecule has 2 rings (SSSR count). The van der Waals surface area contributed by atoms with Gasteiger partial charge in [0.05, 0.1) is 4.92 Å². The van der Waals surface area contributed by atoms with E-state index in [-0.39, 0.29) is 23.0 Å². The number of non-ortho nitro benzene ring substituents is 1. The minimum Gasteiger partial charge on any atom is -0.382 e. The fraction of sp³-hybridized carbons (Fsp3) is 0.500. The molecule has 1 aromatic carbocycles. The number of nitro groups is 1. The molecule has 7 heteroatoms. The van der Waals surface area contributed by atoms with Crippen molar-refractivity contribution < 1.29 is 13.7 Å². The van der Waals surface area contributed by atoms with Crippen LogP contribution < -0.4 is 10.6 Å². The molecule has 0 atom stereocenters. The molecule has 1 aliphatic rings. The van der Waals surface area contributed by atoms with Crippen molar-refractivity contribution in [2.24, 2.45) is 0 Å². The van der Waals surface area contributed by atoms with E-state index in [0.29, 0.717) is 0 Å². The summed E-state index contributed by atoms with van der Waals surface area (Å²) < 4.78 is 25.9. The number of halogens is 2. The highest BCUT2D eigenvalue weighted by Gasteiger charge is 2.20. The Labute approximate surface area is 109 Å². The summed E-state index contributed by atoms with van der Waals surface area (Å²) in [5.74, 6) is 0. The van der Waals surface area contributed by atoms with Gasteiger partial charge in [-0.1, -0.05) is 0 Å². The summed E-state index contributed by atoms with van der Waals surface area (Å²) in [6, 6.07) is 3.67. The Hall–Kier alpha value is -1.76. The SMILES string of the molecule is O=[N+]([O-])c1ccc(NC2CCNCC2)c(C(F)F)c1. The van der Waals surface area contributed by atoms with Gasteiger partial charge in [-0.3, -0.25) is 10.1 Å². The smallest absolute Gasteiger partial charge is 0.270 e. The van der Waals surface area contributed by atoms with Crippen LogP contribution in [0.15, 0.2) is 18.2 Å². The Bertz CT molecular complexity index is 462. The molecule has 1 saturated heterocycles. The molecule has 1 aliphatic heterocycles. The van der Waals surface area contributed by atoms with Gasteiger partial charge in [-0.15, -0.1) is 0 Å². The van der Waals surface area contributed by atoms with Gasteiger partial charge < -0.3 is 10.6 Å². The number of nitrogens with one attached hydrogen (secondary N) is 2. The molecule has 0 bridgehead atoms. The number of alkyl halides is 2. The monoisotopic (exact) mass is 271 g/mol. The van der Waals surface area contributed by atoms with Crippen molar-refractivity contribution in [1.29, 1.82) is 0 Å². The summed E-state index contributed by atoms with van der Waals surface area (Å²) in [7, 11) is 0. The van der Waals surface area contributed by atoms with E-state index in [1.807, 2.05) is 0 Å². The van der Waals surface area contributed by atoms with Crippen molar-refractivity contribution in [2.45, 2.75) is 25.3 Å². The van der Waals surface area contributed by atoms with Gasteiger partial charge in [-0.2, -0.15) is 0 Å². The van der Waals surface area contributed by atoms with Crippen molar-refractivity contribution in [3.63, 3.8) is 0 Å². The fourth-order valence-electron chi connectivity index (χ4n) is 2.16. The van der Waals surface area contributed by atoms with Gasteiger partial charge >= 0.3 is 0 Å². The summed E-state index contributed by atoms with van der Waals surface area (Å²) in [6.07, 6.45) is -1.04. The average Bonchev–Trinajstić information content (AvgIpc) is 2.39. The first-order valence-electron chi connectivity index (χ1n) is 6.11. The zero-order valence-electron chi connectivity index (χ0n) is 10.2. The number of benzene rings is 1. The van der Waals surface area contributed by atoms with E-state index in [0.717, 1.165) is 32.0 Å². The number of nitro benzene ring substituents is 1. The summed E-state index contributed by atoms with van der Waals surface area (Å²) >= 11 is 0. The van der Waals surface area contributed by atoms with E-state index in [1.54, 1.807) is 0 Å². The van der Waals surface area contributed by atoms with E-state index in [1.165, 1.54) is 12.1 Å². The predicted molar refractivity (Wildman–Crippen MR) is 67.6 cm³/mol. The molecule has 0 amide bonds. The van der Waals surface area contributed by atoms with Crippen LogP contribution in [-0.4, -0.2) is 24.1 Å². The second-order valence-electron chi connectivity index (χ2n) is 4.50. The van der Waals surface area contributed by atoms with Crippen molar-refractivity contribution in [3.05, 3.63) is 33.9 Å². The van der Waals surface area contributed by atoms with Crippen molar-refractivity contribution >= 4 is 11.4 Å².